The molecule has 1 aromatic heterocycles. The van der Waals surface area contributed by atoms with E-state index in [9.17, 15) is 9.18 Å². The number of carbonyl (C=O) groups excluding carboxylic acids is 1. The Hall–Kier alpha value is -2.02. The van der Waals surface area contributed by atoms with Crippen LogP contribution < -0.4 is 4.90 Å². The molecular weight excluding hydrogens is 387 g/mol. The molecule has 1 amide bonds. The van der Waals surface area contributed by atoms with Gasteiger partial charge < -0.3 is 4.74 Å². The molecule has 0 bridgehead atoms. The summed E-state index contributed by atoms with van der Waals surface area (Å²) < 4.78 is 20.9. The number of carbonyl (C=O) groups is 1. The van der Waals surface area contributed by atoms with Gasteiger partial charge in [0, 0.05) is 17.2 Å². The van der Waals surface area contributed by atoms with Gasteiger partial charge in [-0.25, -0.2) is 9.37 Å². The van der Waals surface area contributed by atoms with Gasteiger partial charge in [0.1, 0.15) is 5.82 Å². The first-order valence-electron chi connectivity index (χ1n) is 8.82. The molecule has 1 atom stereocenters. The first-order chi connectivity index (χ1) is 13.1. The van der Waals surface area contributed by atoms with Crippen LogP contribution in [0.4, 0.5) is 9.52 Å². The van der Waals surface area contributed by atoms with Crippen molar-refractivity contribution < 1.29 is 13.9 Å². The summed E-state index contributed by atoms with van der Waals surface area (Å²) >= 11 is 7.56. The highest BCUT2D eigenvalue weighted by Gasteiger charge is 2.27. The number of anilines is 1. The highest BCUT2D eigenvalue weighted by Crippen LogP contribution is 2.31. The smallest absolute Gasteiger partial charge is 0.233 e. The zero-order valence-electron chi connectivity index (χ0n) is 14.5. The summed E-state index contributed by atoms with van der Waals surface area (Å²) in [6.07, 6.45) is 1.73. The number of ether oxygens (including phenoxy) is 1. The standard InChI is InChI=1S/C20H18ClFN2O2S/c21-15-6-3-7-16(22)14(15)11-19(25)24(12-13-5-4-10-26-13)20-23-17-8-1-2-9-18(17)27-20/h1-3,6-9,13H,4-5,10-12H2. The van der Waals surface area contributed by atoms with E-state index in [1.54, 1.807) is 11.0 Å². The molecule has 140 valence electrons. The summed E-state index contributed by atoms with van der Waals surface area (Å²) in [5.74, 6) is -0.714. The Morgan fingerprint density at radius 2 is 2.15 bits per heavy atom. The van der Waals surface area contributed by atoms with Gasteiger partial charge in [0.25, 0.3) is 0 Å². The number of aromatic nitrogens is 1. The number of hydrogen-bond acceptors (Lipinski definition) is 4. The van der Waals surface area contributed by atoms with Crippen molar-refractivity contribution in [3.8, 4) is 0 Å². The third kappa shape index (κ3) is 3.98. The van der Waals surface area contributed by atoms with Crippen molar-refractivity contribution in [1.82, 2.24) is 4.98 Å². The molecule has 1 aliphatic rings. The normalized spacial score (nSPS) is 16.7. The van der Waals surface area contributed by atoms with E-state index in [0.29, 0.717) is 18.3 Å². The molecule has 1 fully saturated rings. The van der Waals surface area contributed by atoms with Gasteiger partial charge in [-0.1, -0.05) is 41.1 Å². The zero-order chi connectivity index (χ0) is 18.8. The maximum absolute atomic E-state index is 14.2. The van der Waals surface area contributed by atoms with Gasteiger partial charge in [0.2, 0.25) is 5.91 Å². The Kier molecular flexibility index (Phi) is 5.38. The van der Waals surface area contributed by atoms with Gasteiger partial charge in [-0.05, 0) is 37.1 Å². The van der Waals surface area contributed by atoms with Crippen LogP contribution in [-0.2, 0) is 16.0 Å². The van der Waals surface area contributed by atoms with Crippen LogP contribution in [0.3, 0.4) is 0 Å². The average Bonchev–Trinajstić information content (AvgIpc) is 3.31. The van der Waals surface area contributed by atoms with Crippen LogP contribution in [0.5, 0.6) is 0 Å². The van der Waals surface area contributed by atoms with Crippen molar-refractivity contribution in [2.75, 3.05) is 18.1 Å². The van der Waals surface area contributed by atoms with Gasteiger partial charge in [0.05, 0.1) is 29.3 Å². The molecule has 4 rings (SSSR count). The van der Waals surface area contributed by atoms with Gasteiger partial charge in [-0.3, -0.25) is 9.69 Å². The largest absolute Gasteiger partial charge is 0.376 e. The Labute approximate surface area is 165 Å². The number of benzene rings is 2. The molecule has 1 unspecified atom stereocenters. The van der Waals surface area contributed by atoms with Crippen LogP contribution >= 0.6 is 22.9 Å². The first-order valence-corrected chi connectivity index (χ1v) is 10.0. The number of halogens is 2. The van der Waals surface area contributed by atoms with Gasteiger partial charge >= 0.3 is 0 Å². The van der Waals surface area contributed by atoms with Crippen LogP contribution in [-0.4, -0.2) is 30.1 Å². The van der Waals surface area contributed by atoms with Crippen molar-refractivity contribution in [2.45, 2.75) is 25.4 Å². The molecule has 0 saturated carbocycles. The Morgan fingerprint density at radius 1 is 1.30 bits per heavy atom. The van der Waals surface area contributed by atoms with E-state index >= 15 is 0 Å². The number of thiazole rings is 1. The van der Waals surface area contributed by atoms with Gasteiger partial charge in [-0.2, -0.15) is 0 Å². The minimum atomic E-state index is -0.475. The van der Waals surface area contributed by atoms with Crippen LogP contribution in [0.1, 0.15) is 18.4 Å². The molecular formula is C20H18ClFN2O2S. The fourth-order valence-corrected chi connectivity index (χ4v) is 4.42. The second-order valence-corrected chi connectivity index (χ2v) is 7.90. The fourth-order valence-electron chi connectivity index (χ4n) is 3.20. The topological polar surface area (TPSA) is 42.4 Å². The van der Waals surface area contributed by atoms with E-state index in [-0.39, 0.29) is 29.0 Å². The molecule has 0 spiro atoms. The van der Waals surface area contributed by atoms with Crippen molar-refractivity contribution in [3.05, 3.63) is 58.9 Å². The van der Waals surface area contributed by atoms with Crippen molar-refractivity contribution in [3.63, 3.8) is 0 Å². The summed E-state index contributed by atoms with van der Waals surface area (Å²) in [6.45, 7) is 1.11. The number of hydrogen-bond donors (Lipinski definition) is 0. The number of amides is 1. The highest BCUT2D eigenvalue weighted by molar-refractivity contribution is 7.22. The second kappa shape index (κ2) is 7.92. The molecule has 27 heavy (non-hydrogen) atoms. The van der Waals surface area contributed by atoms with Crippen molar-refractivity contribution >= 4 is 44.2 Å². The predicted molar refractivity (Wildman–Crippen MR) is 106 cm³/mol. The van der Waals surface area contributed by atoms with E-state index in [1.165, 1.54) is 23.5 Å². The lowest BCUT2D eigenvalue weighted by Gasteiger charge is -2.23. The minimum Gasteiger partial charge on any atom is -0.376 e. The highest BCUT2D eigenvalue weighted by atomic mass is 35.5. The number of nitrogens with zero attached hydrogens (tertiary/aromatic N) is 2. The van der Waals surface area contributed by atoms with E-state index in [0.717, 1.165) is 23.1 Å². The quantitative estimate of drug-likeness (QED) is 0.610. The lowest BCUT2D eigenvalue weighted by Crippen LogP contribution is -2.38. The van der Waals surface area contributed by atoms with Crippen LogP contribution in [0.15, 0.2) is 42.5 Å². The van der Waals surface area contributed by atoms with Crippen LogP contribution in [0.2, 0.25) is 5.02 Å². The number of rotatable bonds is 5. The SMILES string of the molecule is O=C(Cc1c(F)cccc1Cl)N(CC1CCCO1)c1nc2ccccc2s1. The van der Waals surface area contributed by atoms with Crippen molar-refractivity contribution in [1.29, 1.82) is 0 Å². The maximum Gasteiger partial charge on any atom is 0.233 e. The molecule has 1 saturated heterocycles. The molecule has 0 N–H and O–H groups in total. The Bertz CT molecular complexity index is 918. The second-order valence-electron chi connectivity index (χ2n) is 6.48. The fraction of sp³-hybridized carbons (Fsp3) is 0.300. The Balaban J connectivity index is 1.65. The van der Waals surface area contributed by atoms with Crippen LogP contribution in [0, 0.1) is 5.82 Å². The number of fused-ring (bicyclic) bond motifs is 1. The van der Waals surface area contributed by atoms with E-state index in [4.69, 9.17) is 16.3 Å². The number of para-hydroxylation sites is 1. The Morgan fingerprint density at radius 3 is 2.89 bits per heavy atom. The minimum absolute atomic E-state index is 0.0305. The van der Waals surface area contributed by atoms with Crippen molar-refractivity contribution in [2.24, 2.45) is 0 Å². The predicted octanol–water partition coefficient (Wildman–Crippen LogP) is 4.84. The average molecular weight is 405 g/mol. The maximum atomic E-state index is 14.2. The molecule has 0 radical (unpaired) electrons. The molecule has 3 aromatic rings. The third-order valence-corrected chi connectivity index (χ3v) is 6.03. The lowest BCUT2D eigenvalue weighted by atomic mass is 10.1. The summed E-state index contributed by atoms with van der Waals surface area (Å²) in [7, 11) is 0. The van der Waals surface area contributed by atoms with E-state index < -0.39 is 5.82 Å². The van der Waals surface area contributed by atoms with E-state index in [1.807, 2.05) is 24.3 Å². The summed E-state index contributed by atoms with van der Waals surface area (Å²) in [4.78, 5) is 19.3. The van der Waals surface area contributed by atoms with Crippen LogP contribution in [0.25, 0.3) is 10.2 Å². The lowest BCUT2D eigenvalue weighted by molar-refractivity contribution is -0.118. The molecule has 0 aliphatic carbocycles. The molecule has 1 aliphatic heterocycles. The summed E-state index contributed by atoms with van der Waals surface area (Å²) in [5, 5.41) is 0.855. The summed E-state index contributed by atoms with van der Waals surface area (Å²) in [5.41, 5.74) is 1.05. The summed E-state index contributed by atoms with van der Waals surface area (Å²) in [6, 6.07) is 12.2. The first kappa shape index (κ1) is 18.3. The molecule has 2 heterocycles. The molecule has 4 nitrogen and oxygen atoms in total. The monoisotopic (exact) mass is 404 g/mol. The molecule has 2 aromatic carbocycles. The van der Waals surface area contributed by atoms with E-state index in [2.05, 4.69) is 4.98 Å². The van der Waals surface area contributed by atoms with Gasteiger partial charge in [-0.15, -0.1) is 0 Å². The zero-order valence-corrected chi connectivity index (χ0v) is 16.1. The molecule has 7 heteroatoms. The third-order valence-electron chi connectivity index (χ3n) is 4.61. The van der Waals surface area contributed by atoms with Gasteiger partial charge in [0.15, 0.2) is 5.13 Å².